The molecular weight excluding hydrogens is 763 g/mol. The number of methoxy groups -OCH3 is 1. The van der Waals surface area contributed by atoms with Crippen molar-refractivity contribution in [2.45, 2.75) is 95.5 Å². The highest BCUT2D eigenvalue weighted by atomic mass is 32.2. The Morgan fingerprint density at radius 3 is 2.33 bits per heavy atom. The first-order valence-electron chi connectivity index (χ1n) is 20.1. The lowest BCUT2D eigenvalue weighted by Crippen LogP contribution is -2.43. The zero-order valence-electron chi connectivity index (χ0n) is 34.3. The monoisotopic (exact) mass is 819 g/mol. The molecule has 13 nitrogen and oxygen atoms in total. The third-order valence-corrected chi connectivity index (χ3v) is 12.0. The lowest BCUT2D eigenvalue weighted by molar-refractivity contribution is -0.141. The third kappa shape index (κ3) is 12.8. The first-order chi connectivity index (χ1) is 27.6. The molecule has 314 valence electrons. The second kappa shape index (κ2) is 20.2. The predicted molar refractivity (Wildman–Crippen MR) is 218 cm³/mol. The van der Waals surface area contributed by atoms with Crippen molar-refractivity contribution in [1.82, 2.24) is 14.8 Å². The number of benzene rings is 2. The van der Waals surface area contributed by atoms with Crippen LogP contribution in [0.25, 0.3) is 11.1 Å². The van der Waals surface area contributed by atoms with Crippen LogP contribution in [0.5, 0.6) is 5.75 Å². The molecule has 2 atom stereocenters. The van der Waals surface area contributed by atoms with Gasteiger partial charge in [0.15, 0.2) is 0 Å². The number of ether oxygens (including phenoxy) is 3. The minimum atomic E-state index is -3.95. The number of piperidine rings is 2. The van der Waals surface area contributed by atoms with Gasteiger partial charge in [-0.3, -0.25) is 23.6 Å². The van der Waals surface area contributed by atoms with Gasteiger partial charge in [0.1, 0.15) is 30.3 Å². The molecule has 0 bridgehead atoms. The normalized spacial score (nSPS) is 17.0. The lowest BCUT2D eigenvalue weighted by atomic mass is 9.84. The van der Waals surface area contributed by atoms with Crippen LogP contribution in [0.15, 0.2) is 71.9 Å². The summed E-state index contributed by atoms with van der Waals surface area (Å²) in [5, 5.41) is 0. The number of Topliss-reactive ketones (excluding diaryl/α,β-unsaturated/α-hetero) is 1. The Labute approximate surface area is 342 Å². The zero-order chi connectivity index (χ0) is 41.9. The predicted octanol–water partition coefficient (Wildman–Crippen LogP) is 7.11. The molecule has 14 heteroatoms. The second-order valence-corrected chi connectivity index (χ2v) is 17.8. The summed E-state index contributed by atoms with van der Waals surface area (Å²) in [6, 6.07) is 15.5. The number of aryl methyl sites for hydroxylation is 1. The number of carbonyl (C=O) groups excluding carboxylic acids is 4. The molecule has 58 heavy (non-hydrogen) atoms. The number of hydrogen-bond acceptors (Lipinski definition) is 11. The number of ketones is 1. The number of hydrogen-bond donors (Lipinski definition) is 0. The van der Waals surface area contributed by atoms with Gasteiger partial charge in [-0.2, -0.15) is 8.42 Å². The standard InChI is InChI=1S/C44H57N3O10S/c1-31-12-15-37(16-13-31)58(52,53)56-24-23-55-40-11-7-6-10-38(40)36-25-35(28-45-29-36)34(27-42(50)54-5)26-39(48)33-9-8-20-47(30-33)41(49)17-14-32-18-21-46(22-19-32)43(51)57-44(2,3)4/h6-7,10-13,15-16,25,28-29,32-34H,8-9,14,17-24,26-27,30H2,1-5H3/t33-,34?/m1/s1. The number of rotatable bonds is 16. The number of amides is 2. The maximum atomic E-state index is 13.9. The van der Waals surface area contributed by atoms with Crippen molar-refractivity contribution in [2.24, 2.45) is 11.8 Å². The van der Waals surface area contributed by atoms with Gasteiger partial charge in [0, 0.05) is 74.4 Å². The summed E-state index contributed by atoms with van der Waals surface area (Å²) >= 11 is 0. The van der Waals surface area contributed by atoms with Gasteiger partial charge in [-0.15, -0.1) is 0 Å². The third-order valence-electron chi connectivity index (χ3n) is 10.7. The number of likely N-dealkylation sites (tertiary alicyclic amines) is 2. The van der Waals surface area contributed by atoms with E-state index in [-0.39, 0.29) is 54.7 Å². The van der Waals surface area contributed by atoms with E-state index >= 15 is 0 Å². The van der Waals surface area contributed by atoms with Crippen molar-refractivity contribution in [3.05, 3.63) is 78.1 Å². The van der Waals surface area contributed by atoms with Crippen molar-refractivity contribution in [3.63, 3.8) is 0 Å². The molecule has 3 aromatic rings. The summed E-state index contributed by atoms with van der Waals surface area (Å²) in [5.74, 6) is -0.475. The molecule has 0 radical (unpaired) electrons. The SMILES string of the molecule is COC(=O)CC(CC(=O)[C@@H]1CCCN(C(=O)CCC2CCN(C(=O)OC(C)(C)C)CC2)C1)c1cncc(-c2ccccc2OCCOS(=O)(=O)c2ccc(C)cc2)c1. The minimum Gasteiger partial charge on any atom is -0.490 e. The van der Waals surface area contributed by atoms with Crippen LogP contribution < -0.4 is 4.74 Å². The van der Waals surface area contributed by atoms with E-state index in [1.807, 2.05) is 45.9 Å². The van der Waals surface area contributed by atoms with Crippen molar-refractivity contribution >= 4 is 33.9 Å². The van der Waals surface area contributed by atoms with E-state index in [1.54, 1.807) is 46.5 Å². The van der Waals surface area contributed by atoms with Crippen LogP contribution in [0.3, 0.4) is 0 Å². The molecule has 2 fully saturated rings. The first kappa shape index (κ1) is 44.3. The summed E-state index contributed by atoms with van der Waals surface area (Å²) < 4.78 is 47.0. The largest absolute Gasteiger partial charge is 0.490 e. The number of esters is 1. The van der Waals surface area contributed by atoms with E-state index in [1.165, 1.54) is 19.2 Å². The van der Waals surface area contributed by atoms with Gasteiger partial charge in [-0.05, 0) is 95.5 Å². The molecule has 2 aromatic carbocycles. The van der Waals surface area contributed by atoms with Crippen molar-refractivity contribution in [1.29, 1.82) is 0 Å². The number of aromatic nitrogens is 1. The van der Waals surface area contributed by atoms with Crippen LogP contribution in [0.2, 0.25) is 0 Å². The van der Waals surface area contributed by atoms with Crippen LogP contribution in [0, 0.1) is 18.8 Å². The molecule has 0 saturated carbocycles. The average Bonchev–Trinajstić information content (AvgIpc) is 3.21. The molecule has 0 spiro atoms. The van der Waals surface area contributed by atoms with Crippen molar-refractivity contribution in [2.75, 3.05) is 46.5 Å². The van der Waals surface area contributed by atoms with Crippen LogP contribution in [-0.2, 0) is 38.2 Å². The van der Waals surface area contributed by atoms with Gasteiger partial charge in [-0.25, -0.2) is 4.79 Å². The van der Waals surface area contributed by atoms with E-state index in [0.29, 0.717) is 67.4 Å². The summed E-state index contributed by atoms with van der Waals surface area (Å²) in [6.45, 7) is 9.36. The van der Waals surface area contributed by atoms with Crippen LogP contribution in [-0.4, -0.2) is 99.1 Å². The molecule has 0 N–H and O–H groups in total. The number of carbonyl (C=O) groups is 4. The van der Waals surface area contributed by atoms with E-state index < -0.39 is 27.6 Å². The van der Waals surface area contributed by atoms with E-state index in [2.05, 4.69) is 4.98 Å². The van der Waals surface area contributed by atoms with Gasteiger partial charge in [-0.1, -0.05) is 35.9 Å². The molecule has 2 saturated heterocycles. The van der Waals surface area contributed by atoms with Gasteiger partial charge < -0.3 is 24.0 Å². The molecule has 2 aliphatic heterocycles. The topological polar surface area (TPSA) is 159 Å². The van der Waals surface area contributed by atoms with E-state index in [0.717, 1.165) is 31.2 Å². The summed E-state index contributed by atoms with van der Waals surface area (Å²) in [6.07, 6.45) is 7.21. The second-order valence-electron chi connectivity index (χ2n) is 16.2. The fraction of sp³-hybridized carbons (Fsp3) is 0.523. The zero-order valence-corrected chi connectivity index (χ0v) is 35.1. The van der Waals surface area contributed by atoms with Gasteiger partial charge in [0.25, 0.3) is 10.1 Å². The maximum absolute atomic E-state index is 13.9. The van der Waals surface area contributed by atoms with Crippen LogP contribution in [0.1, 0.15) is 89.2 Å². The smallest absolute Gasteiger partial charge is 0.410 e. The highest BCUT2D eigenvalue weighted by molar-refractivity contribution is 7.86. The maximum Gasteiger partial charge on any atom is 0.410 e. The Bertz CT molecular complexity index is 1990. The summed E-state index contributed by atoms with van der Waals surface area (Å²) in [5.41, 5.74) is 2.45. The quantitative estimate of drug-likeness (QED) is 0.0824. The lowest BCUT2D eigenvalue weighted by Gasteiger charge is -2.35. The number of para-hydroxylation sites is 1. The van der Waals surface area contributed by atoms with Crippen LogP contribution >= 0.6 is 0 Å². The Kier molecular flexibility index (Phi) is 15.5. The van der Waals surface area contributed by atoms with Crippen molar-refractivity contribution < 1.29 is 46.0 Å². The van der Waals surface area contributed by atoms with E-state index in [4.69, 9.17) is 18.4 Å². The number of nitrogens with zero attached hydrogens (tertiary/aromatic N) is 3. The molecular formula is C44H57N3O10S. The first-order valence-corrected chi connectivity index (χ1v) is 21.5. The van der Waals surface area contributed by atoms with Gasteiger partial charge in [0.05, 0.1) is 18.4 Å². The van der Waals surface area contributed by atoms with Gasteiger partial charge in [0.2, 0.25) is 5.91 Å². The molecule has 1 unspecified atom stereocenters. The fourth-order valence-electron chi connectivity index (χ4n) is 7.41. The summed E-state index contributed by atoms with van der Waals surface area (Å²) in [4.78, 5) is 60.4. The minimum absolute atomic E-state index is 0.0179. The average molecular weight is 820 g/mol. The van der Waals surface area contributed by atoms with Crippen LogP contribution in [0.4, 0.5) is 4.79 Å². The molecule has 0 aliphatic carbocycles. The molecule has 3 heterocycles. The summed E-state index contributed by atoms with van der Waals surface area (Å²) in [7, 11) is -2.64. The highest BCUT2D eigenvalue weighted by Gasteiger charge is 2.32. The Hall–Kier alpha value is -4.82. The Morgan fingerprint density at radius 1 is 0.897 bits per heavy atom. The highest BCUT2D eigenvalue weighted by Crippen LogP contribution is 2.34. The molecule has 5 rings (SSSR count). The van der Waals surface area contributed by atoms with Gasteiger partial charge >= 0.3 is 12.1 Å². The molecule has 1 aromatic heterocycles. The molecule has 2 amide bonds. The molecule has 2 aliphatic rings. The van der Waals surface area contributed by atoms with Crippen molar-refractivity contribution in [3.8, 4) is 16.9 Å². The van der Waals surface area contributed by atoms with E-state index in [9.17, 15) is 27.6 Å². The number of pyridine rings is 1. The Morgan fingerprint density at radius 2 is 1.62 bits per heavy atom. The fourth-order valence-corrected chi connectivity index (χ4v) is 8.31. The Balaban J connectivity index is 1.17.